The van der Waals surface area contributed by atoms with Gasteiger partial charge in [0.2, 0.25) is 11.0 Å². The maximum absolute atomic E-state index is 13.1. The van der Waals surface area contributed by atoms with Gasteiger partial charge < -0.3 is 5.32 Å². The Morgan fingerprint density at radius 3 is 2.39 bits per heavy atom. The van der Waals surface area contributed by atoms with Crippen molar-refractivity contribution in [2.75, 3.05) is 10.6 Å². The van der Waals surface area contributed by atoms with E-state index in [0.717, 1.165) is 21.0 Å². The van der Waals surface area contributed by atoms with Crippen LogP contribution in [0.4, 0.5) is 10.8 Å². The van der Waals surface area contributed by atoms with Gasteiger partial charge in [0.25, 0.3) is 5.91 Å². The molecular weight excluding hydrogens is 452 g/mol. The number of nitrogens with zero attached hydrogens (tertiary/aromatic N) is 2. The Labute approximate surface area is 200 Å². The maximum atomic E-state index is 13.1. The van der Waals surface area contributed by atoms with Gasteiger partial charge in [-0.05, 0) is 49.7 Å². The number of nitrogens with one attached hydrogen (secondary N) is 2. The molecule has 1 aromatic heterocycles. The van der Waals surface area contributed by atoms with Crippen LogP contribution < -0.4 is 10.6 Å². The summed E-state index contributed by atoms with van der Waals surface area (Å²) >= 11 is 2.74. The number of carbonyl (C=O) groups excluding carboxylic acids is 2. The van der Waals surface area contributed by atoms with E-state index >= 15 is 0 Å². The second-order valence-electron chi connectivity index (χ2n) is 7.38. The lowest BCUT2D eigenvalue weighted by molar-refractivity contribution is -0.115. The van der Waals surface area contributed by atoms with Crippen molar-refractivity contribution in [3.8, 4) is 0 Å². The van der Waals surface area contributed by atoms with E-state index in [0.29, 0.717) is 16.4 Å². The smallest absolute Gasteiger partial charge is 0.255 e. The van der Waals surface area contributed by atoms with Crippen molar-refractivity contribution in [1.29, 1.82) is 0 Å². The molecule has 6 nitrogen and oxygen atoms in total. The summed E-state index contributed by atoms with van der Waals surface area (Å²) in [4.78, 5) is 26.6. The number of benzene rings is 3. The van der Waals surface area contributed by atoms with Crippen LogP contribution in [0.5, 0.6) is 0 Å². The average Bonchev–Trinajstić information content (AvgIpc) is 3.22. The molecule has 0 spiro atoms. The standard InChI is InChI=1S/C25H22N4O2S2/c1-16-8-6-11-19(14-16)23(30)26-20-12-7-13-21(15-20)33-22(18-9-4-3-5-10-18)24(31)27-25-29-28-17(2)32-25/h3-15,22H,1-2H3,(H,26,30)(H,27,29,31). The summed E-state index contributed by atoms with van der Waals surface area (Å²) in [5.41, 5.74) is 3.16. The molecule has 0 saturated heterocycles. The van der Waals surface area contributed by atoms with E-state index in [-0.39, 0.29) is 11.8 Å². The fraction of sp³-hybridized carbons (Fsp3) is 0.120. The first kappa shape index (κ1) is 22.7. The van der Waals surface area contributed by atoms with Gasteiger partial charge in [0, 0.05) is 16.1 Å². The topological polar surface area (TPSA) is 84.0 Å². The van der Waals surface area contributed by atoms with Gasteiger partial charge in [-0.15, -0.1) is 22.0 Å². The summed E-state index contributed by atoms with van der Waals surface area (Å²) in [7, 11) is 0. The highest BCUT2D eigenvalue weighted by atomic mass is 32.2. The molecule has 0 aliphatic carbocycles. The highest BCUT2D eigenvalue weighted by Crippen LogP contribution is 2.37. The number of anilines is 2. The first-order valence-corrected chi connectivity index (χ1v) is 12.0. The van der Waals surface area contributed by atoms with E-state index in [1.54, 1.807) is 6.07 Å². The SMILES string of the molecule is Cc1cccc(C(=O)Nc2cccc(SC(C(=O)Nc3nnc(C)s3)c3ccccc3)c2)c1. The number of aromatic nitrogens is 2. The fourth-order valence-electron chi connectivity index (χ4n) is 3.19. The number of aryl methyl sites for hydroxylation is 2. The van der Waals surface area contributed by atoms with Gasteiger partial charge in [-0.2, -0.15) is 0 Å². The zero-order valence-corrected chi connectivity index (χ0v) is 19.7. The normalized spacial score (nSPS) is 11.6. The number of amides is 2. The van der Waals surface area contributed by atoms with Gasteiger partial charge in [0.1, 0.15) is 10.3 Å². The summed E-state index contributed by atoms with van der Waals surface area (Å²) in [6.07, 6.45) is 0. The zero-order chi connectivity index (χ0) is 23.2. The predicted molar refractivity (Wildman–Crippen MR) is 134 cm³/mol. The molecule has 1 atom stereocenters. The zero-order valence-electron chi connectivity index (χ0n) is 18.1. The van der Waals surface area contributed by atoms with Crippen LogP contribution in [0.15, 0.2) is 83.8 Å². The Kier molecular flexibility index (Phi) is 7.16. The average molecular weight is 475 g/mol. The van der Waals surface area contributed by atoms with Crippen molar-refractivity contribution < 1.29 is 9.59 Å². The molecule has 4 rings (SSSR count). The largest absolute Gasteiger partial charge is 0.322 e. The summed E-state index contributed by atoms with van der Waals surface area (Å²) < 4.78 is 0. The van der Waals surface area contributed by atoms with Gasteiger partial charge in [-0.1, -0.05) is 65.4 Å². The van der Waals surface area contributed by atoms with Crippen molar-refractivity contribution in [3.63, 3.8) is 0 Å². The molecule has 0 radical (unpaired) electrons. The van der Waals surface area contributed by atoms with Gasteiger partial charge in [-0.3, -0.25) is 14.9 Å². The van der Waals surface area contributed by atoms with E-state index in [1.807, 2.05) is 86.6 Å². The molecular formula is C25H22N4O2S2. The molecule has 4 aromatic rings. The lowest BCUT2D eigenvalue weighted by Gasteiger charge is -2.16. The van der Waals surface area contributed by atoms with Crippen LogP contribution in [0.3, 0.4) is 0 Å². The van der Waals surface area contributed by atoms with E-state index in [4.69, 9.17) is 0 Å². The number of carbonyl (C=O) groups is 2. The molecule has 0 bridgehead atoms. The lowest BCUT2D eigenvalue weighted by Crippen LogP contribution is -2.19. The molecule has 0 aliphatic rings. The Balaban J connectivity index is 1.53. The van der Waals surface area contributed by atoms with Crippen LogP contribution in [0.2, 0.25) is 0 Å². The molecule has 2 N–H and O–H groups in total. The second-order valence-corrected chi connectivity index (χ2v) is 9.74. The van der Waals surface area contributed by atoms with Gasteiger partial charge >= 0.3 is 0 Å². The highest BCUT2D eigenvalue weighted by Gasteiger charge is 2.23. The summed E-state index contributed by atoms with van der Waals surface area (Å²) in [5.74, 6) is -0.360. The predicted octanol–water partition coefficient (Wildman–Crippen LogP) is 5.88. The molecule has 33 heavy (non-hydrogen) atoms. The Hall–Kier alpha value is -3.49. The molecule has 166 valence electrons. The second kappa shape index (κ2) is 10.4. The lowest BCUT2D eigenvalue weighted by atomic mass is 10.1. The summed E-state index contributed by atoms with van der Waals surface area (Å²) in [5, 5.41) is 14.5. The van der Waals surface area contributed by atoms with E-state index in [2.05, 4.69) is 20.8 Å². The minimum atomic E-state index is -0.502. The molecule has 2 amide bonds. The van der Waals surface area contributed by atoms with Crippen molar-refractivity contribution in [2.45, 2.75) is 24.0 Å². The van der Waals surface area contributed by atoms with Gasteiger partial charge in [0.15, 0.2) is 0 Å². The summed E-state index contributed by atoms with van der Waals surface area (Å²) in [6, 6.07) is 24.5. The summed E-state index contributed by atoms with van der Waals surface area (Å²) in [6.45, 7) is 3.79. The van der Waals surface area contributed by atoms with Crippen LogP contribution in [-0.4, -0.2) is 22.0 Å². The number of hydrogen-bond acceptors (Lipinski definition) is 6. The van der Waals surface area contributed by atoms with Crippen molar-refractivity contribution in [3.05, 3.63) is 101 Å². The van der Waals surface area contributed by atoms with Crippen molar-refractivity contribution in [1.82, 2.24) is 10.2 Å². The molecule has 1 heterocycles. The molecule has 3 aromatic carbocycles. The monoisotopic (exact) mass is 474 g/mol. The van der Waals surface area contributed by atoms with Crippen LogP contribution in [-0.2, 0) is 4.79 Å². The number of rotatable bonds is 7. The van der Waals surface area contributed by atoms with Crippen LogP contribution in [0, 0.1) is 13.8 Å². The van der Waals surface area contributed by atoms with E-state index in [1.165, 1.54) is 23.1 Å². The van der Waals surface area contributed by atoms with Crippen molar-refractivity contribution >= 4 is 45.7 Å². The van der Waals surface area contributed by atoms with Crippen molar-refractivity contribution in [2.24, 2.45) is 0 Å². The van der Waals surface area contributed by atoms with Crippen LogP contribution in [0.1, 0.15) is 31.7 Å². The van der Waals surface area contributed by atoms with Gasteiger partial charge in [0.05, 0.1) is 0 Å². The number of thioether (sulfide) groups is 1. The third-order valence-corrected chi connectivity index (χ3v) is 6.72. The molecule has 1 unspecified atom stereocenters. The third-order valence-electron chi connectivity index (χ3n) is 4.72. The first-order valence-electron chi connectivity index (χ1n) is 10.3. The molecule has 8 heteroatoms. The van der Waals surface area contributed by atoms with Gasteiger partial charge in [-0.25, -0.2) is 0 Å². The Bertz CT molecular complexity index is 1270. The number of hydrogen-bond donors (Lipinski definition) is 2. The minimum Gasteiger partial charge on any atom is -0.322 e. The maximum Gasteiger partial charge on any atom is 0.255 e. The Morgan fingerprint density at radius 1 is 0.879 bits per heavy atom. The highest BCUT2D eigenvalue weighted by molar-refractivity contribution is 8.00. The molecule has 0 fully saturated rings. The van der Waals surface area contributed by atoms with Crippen LogP contribution >= 0.6 is 23.1 Å². The van der Waals surface area contributed by atoms with Crippen LogP contribution in [0.25, 0.3) is 0 Å². The van der Waals surface area contributed by atoms with E-state index < -0.39 is 5.25 Å². The fourth-order valence-corrected chi connectivity index (χ4v) is 4.87. The molecule has 0 saturated carbocycles. The third kappa shape index (κ3) is 6.06. The Morgan fingerprint density at radius 2 is 1.67 bits per heavy atom. The quantitative estimate of drug-likeness (QED) is 0.327. The first-order chi connectivity index (χ1) is 16.0. The van der Waals surface area contributed by atoms with E-state index in [9.17, 15) is 9.59 Å². The minimum absolute atomic E-state index is 0.176. The molecule has 0 aliphatic heterocycles.